The third kappa shape index (κ3) is 4.85. The van der Waals surface area contributed by atoms with Gasteiger partial charge < -0.3 is 14.2 Å². The monoisotopic (exact) mass is 485 g/mol. The first kappa shape index (κ1) is 24.3. The number of methoxy groups -OCH3 is 2. The first-order valence-corrected chi connectivity index (χ1v) is 12.9. The van der Waals surface area contributed by atoms with Gasteiger partial charge in [-0.2, -0.15) is 9.57 Å². The molecule has 0 N–H and O–H groups in total. The fraction of sp³-hybridized carbons (Fsp3) is 0.480. The van der Waals surface area contributed by atoms with Crippen molar-refractivity contribution in [3.05, 3.63) is 48.0 Å². The van der Waals surface area contributed by atoms with Crippen LogP contribution in [0, 0.1) is 23.2 Å². The summed E-state index contributed by atoms with van der Waals surface area (Å²) in [6.07, 6.45) is 2.04. The van der Waals surface area contributed by atoms with Crippen LogP contribution in [0.4, 0.5) is 0 Å². The molecule has 1 aliphatic carbocycles. The van der Waals surface area contributed by atoms with Crippen molar-refractivity contribution in [2.24, 2.45) is 11.8 Å². The molecule has 8 nitrogen and oxygen atoms in total. The summed E-state index contributed by atoms with van der Waals surface area (Å²) in [6.45, 7) is 3.04. The minimum absolute atomic E-state index is 0.0196. The Bertz CT molecular complexity index is 1130. The van der Waals surface area contributed by atoms with E-state index in [1.165, 1.54) is 20.3 Å². The second kappa shape index (κ2) is 10.2. The number of fused-ring (bicyclic) bond motifs is 2. The summed E-state index contributed by atoms with van der Waals surface area (Å²) in [7, 11) is 1.06. The maximum atomic E-state index is 13.5. The number of hydrogen-bond acceptors (Lipinski definition) is 7. The molecule has 2 unspecified atom stereocenters. The van der Waals surface area contributed by atoms with E-state index >= 15 is 0 Å². The lowest BCUT2D eigenvalue weighted by Gasteiger charge is -2.41. The molecule has 2 aromatic rings. The van der Waals surface area contributed by atoms with E-state index in [0.717, 1.165) is 38.2 Å². The summed E-state index contributed by atoms with van der Waals surface area (Å²) in [4.78, 5) is 2.59. The standard InChI is InChI=1S/C25H31N3O5S/c1-27(34(29,30)22-10-11-23(31-2)24(14-22)32-3)25-19-6-7-20(25)17-28(16-19)12-13-33-21-8-4-18(15-26)5-9-21/h4-5,8-11,14,19-20,25H,6-7,12-13,16-17H2,1-3H3. The highest BCUT2D eigenvalue weighted by Crippen LogP contribution is 2.41. The summed E-state index contributed by atoms with van der Waals surface area (Å²) < 4.78 is 44.9. The smallest absolute Gasteiger partial charge is 0.243 e. The molecule has 2 aromatic carbocycles. The second-order valence-corrected chi connectivity index (χ2v) is 10.9. The van der Waals surface area contributed by atoms with Crippen LogP contribution in [0.5, 0.6) is 17.2 Å². The molecule has 0 spiro atoms. The predicted octanol–water partition coefficient (Wildman–Crippen LogP) is 2.99. The molecule has 1 saturated heterocycles. The summed E-state index contributed by atoms with van der Waals surface area (Å²) in [6, 6.07) is 13.9. The highest BCUT2D eigenvalue weighted by atomic mass is 32.2. The predicted molar refractivity (Wildman–Crippen MR) is 128 cm³/mol. The topological polar surface area (TPSA) is 92.1 Å². The van der Waals surface area contributed by atoms with Gasteiger partial charge >= 0.3 is 0 Å². The van der Waals surface area contributed by atoms with E-state index in [1.807, 2.05) is 12.1 Å². The lowest BCUT2D eigenvalue weighted by atomic mass is 9.92. The Hall–Kier alpha value is -2.80. The molecule has 34 heavy (non-hydrogen) atoms. The Kier molecular flexibility index (Phi) is 7.31. The van der Waals surface area contributed by atoms with E-state index < -0.39 is 10.0 Å². The van der Waals surface area contributed by atoms with Crippen LogP contribution in [0.1, 0.15) is 18.4 Å². The van der Waals surface area contributed by atoms with Crippen molar-refractivity contribution in [1.29, 1.82) is 5.26 Å². The van der Waals surface area contributed by atoms with Crippen LogP contribution in [-0.2, 0) is 10.0 Å². The molecule has 2 fully saturated rings. The Balaban J connectivity index is 1.38. The van der Waals surface area contributed by atoms with E-state index in [1.54, 1.807) is 35.6 Å². The Morgan fingerprint density at radius 1 is 1.03 bits per heavy atom. The van der Waals surface area contributed by atoms with Crippen LogP contribution < -0.4 is 14.2 Å². The maximum absolute atomic E-state index is 13.5. The summed E-state index contributed by atoms with van der Waals surface area (Å²) in [5.41, 5.74) is 0.609. The summed E-state index contributed by atoms with van der Waals surface area (Å²) in [5, 5.41) is 8.90. The van der Waals surface area contributed by atoms with E-state index in [-0.39, 0.29) is 22.8 Å². The molecule has 0 amide bonds. The number of piperidine rings is 1. The van der Waals surface area contributed by atoms with Crippen LogP contribution >= 0.6 is 0 Å². The van der Waals surface area contributed by atoms with Gasteiger partial charge in [0, 0.05) is 38.8 Å². The van der Waals surface area contributed by atoms with Crippen molar-refractivity contribution < 1.29 is 22.6 Å². The number of benzene rings is 2. The van der Waals surface area contributed by atoms with Gasteiger partial charge in [-0.3, -0.25) is 4.90 Å². The normalized spacial score (nSPS) is 22.4. The van der Waals surface area contributed by atoms with Gasteiger partial charge in [0.2, 0.25) is 10.0 Å². The molecule has 1 heterocycles. The quantitative estimate of drug-likeness (QED) is 0.539. The fourth-order valence-corrected chi connectivity index (χ4v) is 6.78. The molecule has 2 bridgehead atoms. The zero-order valence-corrected chi connectivity index (χ0v) is 20.6. The summed E-state index contributed by atoms with van der Waals surface area (Å²) in [5.74, 6) is 2.22. The molecule has 2 atom stereocenters. The molecule has 182 valence electrons. The van der Waals surface area contributed by atoms with E-state index in [9.17, 15) is 8.42 Å². The molecule has 0 aromatic heterocycles. The van der Waals surface area contributed by atoms with E-state index in [0.29, 0.717) is 23.7 Å². The second-order valence-electron chi connectivity index (χ2n) is 8.87. The number of rotatable bonds is 9. The third-order valence-electron chi connectivity index (χ3n) is 6.97. The zero-order valence-electron chi connectivity index (χ0n) is 19.8. The molecule has 2 aliphatic rings. The van der Waals surface area contributed by atoms with Gasteiger partial charge in [-0.05, 0) is 61.1 Å². The van der Waals surface area contributed by atoms with E-state index in [4.69, 9.17) is 19.5 Å². The van der Waals surface area contributed by atoms with E-state index in [2.05, 4.69) is 11.0 Å². The van der Waals surface area contributed by atoms with Crippen LogP contribution in [0.2, 0.25) is 0 Å². The number of likely N-dealkylation sites (tertiary alicyclic amines) is 1. The van der Waals surface area contributed by atoms with Crippen LogP contribution in [0.3, 0.4) is 0 Å². The first-order chi connectivity index (χ1) is 16.4. The Morgan fingerprint density at radius 3 is 2.26 bits per heavy atom. The van der Waals surface area contributed by atoms with Gasteiger partial charge in [0.25, 0.3) is 0 Å². The average molecular weight is 486 g/mol. The molecule has 1 aliphatic heterocycles. The van der Waals surface area contributed by atoms with Crippen LogP contribution in [0.15, 0.2) is 47.4 Å². The fourth-order valence-electron chi connectivity index (χ4n) is 5.29. The van der Waals surface area contributed by atoms with Gasteiger partial charge in [0.1, 0.15) is 12.4 Å². The number of ether oxygens (including phenoxy) is 3. The number of nitriles is 1. The van der Waals surface area contributed by atoms with Gasteiger partial charge in [0.15, 0.2) is 11.5 Å². The van der Waals surface area contributed by atoms with Crippen LogP contribution in [-0.4, -0.2) is 71.2 Å². The van der Waals surface area contributed by atoms with Crippen molar-refractivity contribution in [3.63, 3.8) is 0 Å². The molecule has 1 saturated carbocycles. The number of hydrogen-bond donors (Lipinski definition) is 0. The third-order valence-corrected chi connectivity index (χ3v) is 8.82. The van der Waals surface area contributed by atoms with Gasteiger partial charge in [-0.25, -0.2) is 8.42 Å². The molecule has 4 rings (SSSR count). The Labute approximate surface area is 201 Å². The van der Waals surface area contributed by atoms with Crippen molar-refractivity contribution in [2.45, 2.75) is 23.8 Å². The average Bonchev–Trinajstić information content (AvgIpc) is 3.12. The van der Waals surface area contributed by atoms with Gasteiger partial charge in [0.05, 0.1) is 30.7 Å². The largest absolute Gasteiger partial charge is 0.493 e. The van der Waals surface area contributed by atoms with Gasteiger partial charge in [-0.15, -0.1) is 0 Å². The molecular formula is C25H31N3O5S. The maximum Gasteiger partial charge on any atom is 0.243 e. The van der Waals surface area contributed by atoms with Crippen molar-refractivity contribution in [1.82, 2.24) is 9.21 Å². The highest BCUT2D eigenvalue weighted by Gasteiger charge is 2.47. The lowest BCUT2D eigenvalue weighted by Crippen LogP contribution is -2.53. The SMILES string of the molecule is COc1ccc(S(=O)(=O)N(C)C2C3CCC2CN(CCOc2ccc(C#N)cc2)C3)cc1OC. The minimum Gasteiger partial charge on any atom is -0.493 e. The highest BCUT2D eigenvalue weighted by molar-refractivity contribution is 7.89. The number of nitrogens with zero attached hydrogens (tertiary/aromatic N) is 3. The summed E-state index contributed by atoms with van der Waals surface area (Å²) >= 11 is 0. The minimum atomic E-state index is -3.67. The lowest BCUT2D eigenvalue weighted by molar-refractivity contribution is 0.0874. The van der Waals surface area contributed by atoms with Gasteiger partial charge in [-0.1, -0.05) is 0 Å². The zero-order chi connectivity index (χ0) is 24.3. The Morgan fingerprint density at radius 2 is 1.68 bits per heavy atom. The van der Waals surface area contributed by atoms with Crippen LogP contribution in [0.25, 0.3) is 0 Å². The molecule has 9 heteroatoms. The first-order valence-electron chi connectivity index (χ1n) is 11.4. The molecular weight excluding hydrogens is 454 g/mol. The number of sulfonamides is 1. The van der Waals surface area contributed by atoms with Crippen molar-refractivity contribution >= 4 is 10.0 Å². The molecule has 0 radical (unpaired) electrons. The van der Waals surface area contributed by atoms with Crippen molar-refractivity contribution in [2.75, 3.05) is 47.5 Å². The van der Waals surface area contributed by atoms with Crippen molar-refractivity contribution in [3.8, 4) is 23.3 Å².